The van der Waals surface area contributed by atoms with Gasteiger partial charge < -0.3 is 0 Å². The van der Waals surface area contributed by atoms with Gasteiger partial charge in [0.1, 0.15) is 0 Å². The number of nitrogens with zero attached hydrogens (tertiary/aromatic N) is 1. The molecule has 0 bridgehead atoms. The number of aromatic nitrogens is 1. The highest BCUT2D eigenvalue weighted by atomic mass is 32.2. The number of sulfone groups is 1. The molecule has 108 valence electrons. The van der Waals surface area contributed by atoms with E-state index in [2.05, 4.69) is 18.8 Å². The summed E-state index contributed by atoms with van der Waals surface area (Å²) >= 11 is 1.45. The standard InChI is InChI=1S/C14H23NO2S2/c1-11-5-12(2)7-13(6-11)3-4-19(16,17)9-14-8-18-10-15-14/h8,10-13H,3-7,9H2,1-2H3/t11-,12-/m0/s1. The average molecular weight is 301 g/mol. The summed E-state index contributed by atoms with van der Waals surface area (Å²) in [6.45, 7) is 4.57. The second-order valence-corrected chi connectivity index (χ2v) is 9.05. The van der Waals surface area contributed by atoms with E-state index in [1.54, 1.807) is 5.51 Å². The molecule has 1 saturated carbocycles. The van der Waals surface area contributed by atoms with Crippen LogP contribution in [0.25, 0.3) is 0 Å². The fourth-order valence-electron chi connectivity index (χ4n) is 3.30. The van der Waals surface area contributed by atoms with Crippen LogP contribution < -0.4 is 0 Å². The highest BCUT2D eigenvalue weighted by Crippen LogP contribution is 2.34. The van der Waals surface area contributed by atoms with Gasteiger partial charge in [-0.2, -0.15) is 0 Å². The van der Waals surface area contributed by atoms with Crippen LogP contribution in [0, 0.1) is 17.8 Å². The molecular weight excluding hydrogens is 278 g/mol. The van der Waals surface area contributed by atoms with Crippen molar-refractivity contribution in [1.29, 1.82) is 0 Å². The molecule has 0 N–H and O–H groups in total. The Balaban J connectivity index is 1.84. The van der Waals surface area contributed by atoms with Crippen molar-refractivity contribution in [2.24, 2.45) is 17.8 Å². The fraction of sp³-hybridized carbons (Fsp3) is 0.786. The fourth-order valence-corrected chi connectivity index (χ4v) is 5.41. The number of hydrogen-bond acceptors (Lipinski definition) is 4. The van der Waals surface area contributed by atoms with E-state index < -0.39 is 9.84 Å². The largest absolute Gasteiger partial charge is 0.249 e. The Bertz CT molecular complexity index is 472. The maximum atomic E-state index is 12.1. The Hall–Kier alpha value is -0.420. The third-order valence-electron chi connectivity index (χ3n) is 3.96. The molecule has 5 heteroatoms. The summed E-state index contributed by atoms with van der Waals surface area (Å²) < 4.78 is 24.1. The second-order valence-electron chi connectivity index (χ2n) is 6.14. The number of rotatable bonds is 5. The van der Waals surface area contributed by atoms with Crippen molar-refractivity contribution < 1.29 is 8.42 Å². The van der Waals surface area contributed by atoms with Crippen LogP contribution in [0.5, 0.6) is 0 Å². The van der Waals surface area contributed by atoms with E-state index in [4.69, 9.17) is 0 Å². The molecule has 1 aromatic rings. The topological polar surface area (TPSA) is 47.0 Å². The summed E-state index contributed by atoms with van der Waals surface area (Å²) in [6.07, 6.45) is 4.50. The van der Waals surface area contributed by atoms with Crippen molar-refractivity contribution in [1.82, 2.24) is 4.98 Å². The maximum Gasteiger partial charge on any atom is 0.156 e. The van der Waals surface area contributed by atoms with E-state index in [0.717, 1.165) is 18.3 Å². The van der Waals surface area contributed by atoms with Crippen molar-refractivity contribution in [2.45, 2.75) is 45.3 Å². The molecule has 0 unspecified atom stereocenters. The highest BCUT2D eigenvalue weighted by molar-refractivity contribution is 7.90. The summed E-state index contributed by atoms with van der Waals surface area (Å²) in [5, 5.41) is 1.82. The van der Waals surface area contributed by atoms with Crippen molar-refractivity contribution >= 4 is 21.2 Å². The zero-order valence-corrected chi connectivity index (χ0v) is 13.3. The van der Waals surface area contributed by atoms with E-state index in [9.17, 15) is 8.42 Å². The Labute approximate surface area is 120 Å². The molecule has 0 aromatic carbocycles. The summed E-state index contributed by atoms with van der Waals surface area (Å²) in [5.41, 5.74) is 2.38. The molecule has 19 heavy (non-hydrogen) atoms. The van der Waals surface area contributed by atoms with Crippen LogP contribution in [0.4, 0.5) is 0 Å². The Morgan fingerprint density at radius 1 is 1.26 bits per heavy atom. The van der Waals surface area contributed by atoms with Gasteiger partial charge in [0, 0.05) is 5.38 Å². The normalized spacial score (nSPS) is 28.4. The first kappa shape index (κ1) is 15.0. The number of hydrogen-bond donors (Lipinski definition) is 0. The zero-order chi connectivity index (χ0) is 13.9. The monoisotopic (exact) mass is 301 g/mol. The molecule has 0 amide bonds. The molecule has 1 fully saturated rings. The summed E-state index contributed by atoms with van der Waals surface area (Å²) in [5.74, 6) is 2.50. The second kappa shape index (κ2) is 6.35. The van der Waals surface area contributed by atoms with Gasteiger partial charge in [-0.05, 0) is 43.4 Å². The molecule has 2 rings (SSSR count). The van der Waals surface area contributed by atoms with Crippen LogP contribution in [-0.2, 0) is 15.6 Å². The minimum absolute atomic E-state index is 0.105. The smallest absolute Gasteiger partial charge is 0.156 e. The first-order valence-corrected chi connectivity index (χ1v) is 9.78. The molecule has 1 heterocycles. The van der Waals surface area contributed by atoms with Crippen LogP contribution in [0.1, 0.15) is 45.2 Å². The van der Waals surface area contributed by atoms with Crippen molar-refractivity contribution in [2.75, 3.05) is 5.75 Å². The Morgan fingerprint density at radius 2 is 1.95 bits per heavy atom. The van der Waals surface area contributed by atoms with E-state index in [1.807, 2.05) is 5.38 Å². The zero-order valence-electron chi connectivity index (χ0n) is 11.7. The van der Waals surface area contributed by atoms with Gasteiger partial charge >= 0.3 is 0 Å². The minimum Gasteiger partial charge on any atom is -0.249 e. The quantitative estimate of drug-likeness (QED) is 0.836. The summed E-state index contributed by atoms with van der Waals surface area (Å²) in [7, 11) is -2.99. The van der Waals surface area contributed by atoms with Crippen LogP contribution in [0.15, 0.2) is 10.9 Å². The van der Waals surface area contributed by atoms with Gasteiger partial charge in [0.2, 0.25) is 0 Å². The third-order valence-corrected chi connectivity index (χ3v) is 6.19. The lowest BCUT2D eigenvalue weighted by Gasteiger charge is -2.31. The van der Waals surface area contributed by atoms with Crippen molar-refractivity contribution in [3.63, 3.8) is 0 Å². The van der Waals surface area contributed by atoms with E-state index in [-0.39, 0.29) is 5.75 Å². The predicted octanol–water partition coefficient (Wildman–Crippen LogP) is 3.52. The van der Waals surface area contributed by atoms with Gasteiger partial charge in [0.15, 0.2) is 9.84 Å². The molecular formula is C14H23NO2S2. The molecule has 2 atom stereocenters. The summed E-state index contributed by atoms with van der Waals surface area (Å²) in [4.78, 5) is 4.06. The molecule has 1 aliphatic rings. The van der Waals surface area contributed by atoms with Gasteiger partial charge in [-0.1, -0.05) is 13.8 Å². The number of thiazole rings is 1. The third kappa shape index (κ3) is 4.88. The van der Waals surface area contributed by atoms with E-state index >= 15 is 0 Å². The molecule has 0 aliphatic heterocycles. The first-order chi connectivity index (χ1) is 8.94. The van der Waals surface area contributed by atoms with Gasteiger partial charge in [-0.15, -0.1) is 11.3 Å². The molecule has 1 aromatic heterocycles. The van der Waals surface area contributed by atoms with Crippen LogP contribution in [-0.4, -0.2) is 19.2 Å². The average Bonchev–Trinajstić information content (AvgIpc) is 2.77. The molecule has 1 aliphatic carbocycles. The molecule has 3 nitrogen and oxygen atoms in total. The molecule has 0 saturated heterocycles. The van der Waals surface area contributed by atoms with Crippen LogP contribution in [0.2, 0.25) is 0 Å². The van der Waals surface area contributed by atoms with Crippen molar-refractivity contribution in [3.05, 3.63) is 16.6 Å². The van der Waals surface area contributed by atoms with Gasteiger partial charge in [0.25, 0.3) is 0 Å². The Morgan fingerprint density at radius 3 is 2.53 bits per heavy atom. The lowest BCUT2D eigenvalue weighted by atomic mass is 9.76. The van der Waals surface area contributed by atoms with Crippen molar-refractivity contribution in [3.8, 4) is 0 Å². The predicted molar refractivity (Wildman–Crippen MR) is 79.9 cm³/mol. The lowest BCUT2D eigenvalue weighted by Crippen LogP contribution is -2.22. The minimum atomic E-state index is -2.99. The van der Waals surface area contributed by atoms with Gasteiger partial charge in [-0.3, -0.25) is 0 Å². The highest BCUT2D eigenvalue weighted by Gasteiger charge is 2.25. The van der Waals surface area contributed by atoms with E-state index in [1.165, 1.54) is 30.6 Å². The lowest BCUT2D eigenvalue weighted by molar-refractivity contribution is 0.215. The first-order valence-electron chi connectivity index (χ1n) is 7.02. The van der Waals surface area contributed by atoms with E-state index in [0.29, 0.717) is 17.4 Å². The van der Waals surface area contributed by atoms with Gasteiger partial charge in [0.05, 0.1) is 22.7 Å². The van der Waals surface area contributed by atoms with Crippen LogP contribution in [0.3, 0.4) is 0 Å². The van der Waals surface area contributed by atoms with Gasteiger partial charge in [-0.25, -0.2) is 13.4 Å². The maximum absolute atomic E-state index is 12.1. The molecule has 0 spiro atoms. The summed E-state index contributed by atoms with van der Waals surface area (Å²) in [6, 6.07) is 0. The van der Waals surface area contributed by atoms with Crippen LogP contribution >= 0.6 is 11.3 Å². The Kier molecular flexibility index (Phi) is 5.01. The molecule has 0 radical (unpaired) electrons. The SMILES string of the molecule is C[C@@H]1CC(CCS(=O)(=O)Cc2cscn2)C[C@@H](C)C1.